The summed E-state index contributed by atoms with van der Waals surface area (Å²) in [5.41, 5.74) is 2.39. The van der Waals surface area contributed by atoms with Gasteiger partial charge in [0.05, 0.1) is 12.3 Å². The van der Waals surface area contributed by atoms with Crippen LogP contribution in [0.5, 0.6) is 0 Å². The van der Waals surface area contributed by atoms with Gasteiger partial charge in [-0.15, -0.1) is 0 Å². The van der Waals surface area contributed by atoms with Gasteiger partial charge in [-0.1, -0.05) is 6.92 Å². The van der Waals surface area contributed by atoms with Crippen molar-refractivity contribution in [2.45, 2.75) is 45.7 Å². The first-order chi connectivity index (χ1) is 10.3. The number of rotatable bonds is 10. The van der Waals surface area contributed by atoms with Crippen LogP contribution in [0.3, 0.4) is 0 Å². The van der Waals surface area contributed by atoms with Crippen molar-refractivity contribution in [2.24, 2.45) is 5.92 Å². The van der Waals surface area contributed by atoms with Crippen molar-refractivity contribution >= 4 is 5.69 Å². The molecule has 1 N–H and O–H groups in total. The van der Waals surface area contributed by atoms with Gasteiger partial charge in [-0.3, -0.25) is 4.98 Å². The second-order valence-electron chi connectivity index (χ2n) is 5.95. The first-order valence-corrected chi connectivity index (χ1v) is 8.17. The van der Waals surface area contributed by atoms with Crippen LogP contribution in [0, 0.1) is 5.92 Å². The molecule has 0 saturated heterocycles. The molecular weight excluding hydrogens is 262 g/mol. The molecule has 1 heterocycles. The summed E-state index contributed by atoms with van der Waals surface area (Å²) in [6, 6.07) is 4.92. The third-order valence-electron chi connectivity index (χ3n) is 4.20. The van der Waals surface area contributed by atoms with Crippen molar-refractivity contribution in [1.29, 1.82) is 0 Å². The van der Waals surface area contributed by atoms with Crippen LogP contribution >= 0.6 is 0 Å². The van der Waals surface area contributed by atoms with E-state index in [2.05, 4.69) is 41.2 Å². The van der Waals surface area contributed by atoms with E-state index in [1.807, 2.05) is 6.20 Å². The maximum Gasteiger partial charge on any atom is 0.0637 e. The Balaban J connectivity index is 2.04. The number of aromatic nitrogens is 1. The van der Waals surface area contributed by atoms with Gasteiger partial charge in [-0.05, 0) is 50.8 Å². The minimum Gasteiger partial charge on any atom is -0.383 e. The van der Waals surface area contributed by atoms with Crippen molar-refractivity contribution in [1.82, 2.24) is 10.3 Å². The molecule has 1 aromatic heterocycles. The molecule has 0 bridgehead atoms. The van der Waals surface area contributed by atoms with Gasteiger partial charge in [0, 0.05) is 38.1 Å². The molecule has 4 nitrogen and oxygen atoms in total. The van der Waals surface area contributed by atoms with E-state index in [1.54, 1.807) is 7.11 Å². The van der Waals surface area contributed by atoms with E-state index in [-0.39, 0.29) is 0 Å². The van der Waals surface area contributed by atoms with Gasteiger partial charge in [-0.25, -0.2) is 0 Å². The van der Waals surface area contributed by atoms with E-state index < -0.39 is 0 Å². The minimum absolute atomic E-state index is 0.582. The maximum absolute atomic E-state index is 5.28. The summed E-state index contributed by atoms with van der Waals surface area (Å²) in [6.45, 7) is 8.11. The number of ether oxygens (including phenoxy) is 1. The van der Waals surface area contributed by atoms with Crippen molar-refractivity contribution in [2.75, 3.05) is 31.7 Å². The monoisotopic (exact) mass is 291 g/mol. The Hall–Kier alpha value is -1.13. The highest BCUT2D eigenvalue weighted by molar-refractivity contribution is 5.48. The Morgan fingerprint density at radius 1 is 1.48 bits per heavy atom. The molecule has 1 aliphatic rings. The zero-order valence-corrected chi connectivity index (χ0v) is 13.6. The Kier molecular flexibility index (Phi) is 6.46. The topological polar surface area (TPSA) is 37.4 Å². The van der Waals surface area contributed by atoms with Crippen LogP contribution < -0.4 is 10.2 Å². The number of anilines is 1. The predicted octanol–water partition coefficient (Wildman–Crippen LogP) is 2.83. The van der Waals surface area contributed by atoms with Crippen LogP contribution in [0.4, 0.5) is 5.69 Å². The van der Waals surface area contributed by atoms with Gasteiger partial charge in [0.15, 0.2) is 0 Å². The highest BCUT2D eigenvalue weighted by Gasteiger charge is 2.32. The number of methoxy groups -OCH3 is 1. The zero-order chi connectivity index (χ0) is 15.1. The number of hydrogen-bond acceptors (Lipinski definition) is 4. The molecule has 1 fully saturated rings. The molecule has 0 aromatic carbocycles. The molecule has 1 aromatic rings. The molecule has 0 spiro atoms. The summed E-state index contributed by atoms with van der Waals surface area (Å²) in [7, 11) is 1.77. The van der Waals surface area contributed by atoms with E-state index in [9.17, 15) is 0 Å². The summed E-state index contributed by atoms with van der Waals surface area (Å²) >= 11 is 0. The number of nitrogens with zero attached hydrogens (tertiary/aromatic N) is 2. The molecule has 118 valence electrons. The van der Waals surface area contributed by atoms with Crippen LogP contribution in [0.15, 0.2) is 18.3 Å². The van der Waals surface area contributed by atoms with Gasteiger partial charge < -0.3 is 15.0 Å². The molecule has 21 heavy (non-hydrogen) atoms. The average Bonchev–Trinajstić information content (AvgIpc) is 3.33. The summed E-state index contributed by atoms with van der Waals surface area (Å²) in [4.78, 5) is 6.95. The van der Waals surface area contributed by atoms with Crippen molar-refractivity contribution in [3.63, 3.8) is 0 Å². The molecule has 1 aliphatic carbocycles. The van der Waals surface area contributed by atoms with E-state index in [0.29, 0.717) is 6.04 Å². The van der Waals surface area contributed by atoms with Crippen molar-refractivity contribution in [3.8, 4) is 0 Å². The lowest BCUT2D eigenvalue weighted by Gasteiger charge is -2.31. The third kappa shape index (κ3) is 4.97. The van der Waals surface area contributed by atoms with E-state index in [1.165, 1.54) is 18.5 Å². The van der Waals surface area contributed by atoms with Gasteiger partial charge in [0.2, 0.25) is 0 Å². The van der Waals surface area contributed by atoms with Crippen LogP contribution in [0.2, 0.25) is 0 Å². The molecule has 4 heteroatoms. The second-order valence-corrected chi connectivity index (χ2v) is 5.95. The number of nitrogens with one attached hydrogen (secondary N) is 1. The quantitative estimate of drug-likeness (QED) is 0.673. The fraction of sp³-hybridized carbons (Fsp3) is 0.706. The molecule has 1 saturated carbocycles. The van der Waals surface area contributed by atoms with Crippen LogP contribution in [-0.2, 0) is 11.3 Å². The summed E-state index contributed by atoms with van der Waals surface area (Å²) in [5, 5.41) is 3.42. The first-order valence-electron chi connectivity index (χ1n) is 8.17. The van der Waals surface area contributed by atoms with Crippen LogP contribution in [0.25, 0.3) is 0 Å². The van der Waals surface area contributed by atoms with Gasteiger partial charge in [0.1, 0.15) is 0 Å². The molecule has 2 rings (SSSR count). The summed E-state index contributed by atoms with van der Waals surface area (Å²) in [5.74, 6) is 0.844. The van der Waals surface area contributed by atoms with Gasteiger partial charge >= 0.3 is 0 Å². The van der Waals surface area contributed by atoms with E-state index in [4.69, 9.17) is 4.74 Å². The lowest BCUT2D eigenvalue weighted by molar-refractivity contribution is 0.202. The number of pyridine rings is 1. The maximum atomic E-state index is 5.28. The summed E-state index contributed by atoms with van der Waals surface area (Å²) < 4.78 is 5.28. The normalized spacial score (nSPS) is 16.0. The fourth-order valence-electron chi connectivity index (χ4n) is 2.72. The zero-order valence-electron chi connectivity index (χ0n) is 13.6. The Morgan fingerprint density at radius 3 is 2.95 bits per heavy atom. The third-order valence-corrected chi connectivity index (χ3v) is 4.20. The molecule has 1 atom stereocenters. The van der Waals surface area contributed by atoms with Gasteiger partial charge in [-0.2, -0.15) is 0 Å². The van der Waals surface area contributed by atoms with Gasteiger partial charge in [0.25, 0.3) is 0 Å². The van der Waals surface area contributed by atoms with E-state index >= 15 is 0 Å². The first kappa shape index (κ1) is 16.2. The Bertz CT molecular complexity index is 420. The fourth-order valence-corrected chi connectivity index (χ4v) is 2.72. The van der Waals surface area contributed by atoms with Crippen molar-refractivity contribution < 1.29 is 4.74 Å². The van der Waals surface area contributed by atoms with E-state index in [0.717, 1.165) is 44.3 Å². The molecule has 0 radical (unpaired) electrons. The Morgan fingerprint density at radius 2 is 2.29 bits per heavy atom. The predicted molar refractivity (Wildman–Crippen MR) is 87.6 cm³/mol. The highest BCUT2D eigenvalue weighted by atomic mass is 16.5. The van der Waals surface area contributed by atoms with Crippen LogP contribution in [0.1, 0.15) is 38.8 Å². The van der Waals surface area contributed by atoms with Crippen LogP contribution in [-0.4, -0.2) is 37.8 Å². The molecular formula is C17H29N3O. The highest BCUT2D eigenvalue weighted by Crippen LogP contribution is 2.36. The summed E-state index contributed by atoms with van der Waals surface area (Å²) in [6.07, 6.45) is 5.80. The SMILES string of the molecule is CCCNCc1cc(N(CCOC)C(C)C2CC2)ccn1. The lowest BCUT2D eigenvalue weighted by Crippen LogP contribution is -2.37. The second kappa shape index (κ2) is 8.35. The minimum atomic E-state index is 0.582. The van der Waals surface area contributed by atoms with Crippen molar-refractivity contribution in [3.05, 3.63) is 24.0 Å². The molecule has 0 aliphatic heterocycles. The molecule has 0 amide bonds. The lowest BCUT2D eigenvalue weighted by atomic mass is 10.1. The smallest absolute Gasteiger partial charge is 0.0637 e. The average molecular weight is 291 g/mol. The standard InChI is InChI=1S/C17H29N3O/c1-4-8-18-13-16-12-17(7-9-19-16)20(10-11-21-3)14(2)15-5-6-15/h7,9,12,14-15,18H,4-6,8,10-11,13H2,1-3H3. The number of hydrogen-bond donors (Lipinski definition) is 1. The largest absolute Gasteiger partial charge is 0.383 e. The Labute approximate surface area is 128 Å². The molecule has 1 unspecified atom stereocenters.